The SMILES string of the molecule is CN=C(NC1CCN(CCC(=O)N(C)C)CC1)NC1C2CCOC2C12CCC2.I. The van der Waals surface area contributed by atoms with Gasteiger partial charge in [-0.05, 0) is 32.1 Å². The number of carbonyl (C=O) groups excluding carboxylic acids is 1. The fourth-order valence-electron chi connectivity index (χ4n) is 5.75. The van der Waals surface area contributed by atoms with Crippen LogP contribution in [0.25, 0.3) is 0 Å². The van der Waals surface area contributed by atoms with Crippen molar-refractivity contribution >= 4 is 35.8 Å². The lowest BCUT2D eigenvalue weighted by Gasteiger charge is -2.63. The molecule has 0 aromatic carbocycles. The van der Waals surface area contributed by atoms with Gasteiger partial charge in [0, 0.05) is 77.2 Å². The number of rotatable bonds is 5. The van der Waals surface area contributed by atoms with Crippen LogP contribution in [-0.2, 0) is 9.53 Å². The highest BCUT2D eigenvalue weighted by Crippen LogP contribution is 2.62. The number of nitrogens with zero attached hydrogens (tertiary/aromatic N) is 3. The largest absolute Gasteiger partial charge is 0.377 e. The first-order valence-corrected chi connectivity index (χ1v) is 11.1. The number of carbonyl (C=O) groups is 1. The molecule has 0 aromatic rings. The molecule has 166 valence electrons. The van der Waals surface area contributed by atoms with E-state index in [0.29, 0.717) is 35.9 Å². The zero-order chi connectivity index (χ0) is 19.7. The molecule has 4 rings (SSSR count). The maximum absolute atomic E-state index is 11.8. The lowest BCUT2D eigenvalue weighted by Crippen LogP contribution is -2.72. The minimum Gasteiger partial charge on any atom is -0.377 e. The number of aliphatic imine (C=N–C) groups is 1. The minimum atomic E-state index is 0. The molecular formula is C21H38IN5O2. The van der Waals surface area contributed by atoms with E-state index >= 15 is 0 Å². The summed E-state index contributed by atoms with van der Waals surface area (Å²) in [6, 6.07) is 0.983. The average Bonchev–Trinajstić information content (AvgIpc) is 3.07. The second kappa shape index (κ2) is 9.68. The summed E-state index contributed by atoms with van der Waals surface area (Å²) in [5.74, 6) is 1.84. The standard InChI is InChI=1S/C21H37N5O2.HI/c1-22-20(24-18-16-8-14-28-19(16)21(18)9-4-10-21)23-15-5-11-26(12-6-15)13-7-17(27)25(2)3;/h15-16,18-19H,4-14H2,1-3H3,(H2,22,23,24);1H. The van der Waals surface area contributed by atoms with Crippen molar-refractivity contribution in [2.45, 2.75) is 63.1 Å². The number of hydrogen-bond acceptors (Lipinski definition) is 4. The van der Waals surface area contributed by atoms with Crippen LogP contribution in [0.2, 0.25) is 0 Å². The van der Waals surface area contributed by atoms with E-state index < -0.39 is 0 Å². The van der Waals surface area contributed by atoms with Crippen molar-refractivity contribution in [3.8, 4) is 0 Å². The molecule has 8 heteroatoms. The number of hydrogen-bond donors (Lipinski definition) is 2. The van der Waals surface area contributed by atoms with Crippen LogP contribution in [0.4, 0.5) is 0 Å². The average molecular weight is 519 g/mol. The van der Waals surface area contributed by atoms with Gasteiger partial charge in [-0.3, -0.25) is 9.79 Å². The number of fused-ring (bicyclic) bond motifs is 2. The maximum Gasteiger partial charge on any atom is 0.223 e. The monoisotopic (exact) mass is 519 g/mol. The maximum atomic E-state index is 11.8. The fourth-order valence-corrected chi connectivity index (χ4v) is 5.75. The van der Waals surface area contributed by atoms with Gasteiger partial charge < -0.3 is 25.2 Å². The normalized spacial score (nSPS) is 31.3. The molecule has 0 bridgehead atoms. The molecular weight excluding hydrogens is 481 g/mol. The van der Waals surface area contributed by atoms with Gasteiger partial charge in [0.1, 0.15) is 0 Å². The first kappa shape index (κ1) is 23.1. The molecule has 2 N–H and O–H groups in total. The van der Waals surface area contributed by atoms with E-state index in [4.69, 9.17) is 4.74 Å². The fraction of sp³-hybridized carbons (Fsp3) is 0.905. The topological polar surface area (TPSA) is 69.2 Å². The van der Waals surface area contributed by atoms with Gasteiger partial charge in [0.05, 0.1) is 6.10 Å². The van der Waals surface area contributed by atoms with E-state index in [1.54, 1.807) is 4.90 Å². The number of amides is 1. The van der Waals surface area contributed by atoms with E-state index in [1.807, 2.05) is 21.1 Å². The molecule has 0 radical (unpaired) electrons. The molecule has 2 aliphatic heterocycles. The van der Waals surface area contributed by atoms with Crippen LogP contribution < -0.4 is 10.6 Å². The molecule has 3 unspecified atom stereocenters. The van der Waals surface area contributed by atoms with Crippen molar-refractivity contribution < 1.29 is 9.53 Å². The smallest absolute Gasteiger partial charge is 0.223 e. The Hall–Kier alpha value is -0.610. The van der Waals surface area contributed by atoms with E-state index in [1.165, 1.54) is 25.7 Å². The van der Waals surface area contributed by atoms with Gasteiger partial charge in [0.15, 0.2) is 5.96 Å². The molecule has 4 fully saturated rings. The number of piperidine rings is 1. The molecule has 0 aromatic heterocycles. The first-order chi connectivity index (χ1) is 13.5. The van der Waals surface area contributed by atoms with Gasteiger partial charge in [-0.25, -0.2) is 0 Å². The van der Waals surface area contributed by atoms with Crippen LogP contribution in [0.3, 0.4) is 0 Å². The summed E-state index contributed by atoms with van der Waals surface area (Å²) in [6.07, 6.45) is 8.42. The predicted molar refractivity (Wildman–Crippen MR) is 126 cm³/mol. The third kappa shape index (κ3) is 4.54. The molecule has 29 heavy (non-hydrogen) atoms. The number of guanidine groups is 1. The van der Waals surface area contributed by atoms with Gasteiger partial charge in [-0.15, -0.1) is 24.0 Å². The Morgan fingerprint density at radius 2 is 1.93 bits per heavy atom. The van der Waals surface area contributed by atoms with Crippen LogP contribution >= 0.6 is 24.0 Å². The van der Waals surface area contributed by atoms with E-state index in [-0.39, 0.29) is 29.9 Å². The molecule has 4 aliphatic rings. The Balaban J connectivity index is 0.00000240. The third-order valence-electron chi connectivity index (χ3n) is 7.62. The molecule has 3 atom stereocenters. The van der Waals surface area contributed by atoms with Crippen LogP contribution in [-0.4, -0.2) is 87.2 Å². The van der Waals surface area contributed by atoms with Crippen molar-refractivity contribution in [2.75, 3.05) is 47.4 Å². The van der Waals surface area contributed by atoms with Gasteiger partial charge in [-0.2, -0.15) is 0 Å². The highest BCUT2D eigenvalue weighted by molar-refractivity contribution is 14.0. The summed E-state index contributed by atoms with van der Waals surface area (Å²) in [5.41, 5.74) is 0.376. The summed E-state index contributed by atoms with van der Waals surface area (Å²) in [4.78, 5) is 20.4. The quantitative estimate of drug-likeness (QED) is 0.329. The molecule has 1 amide bonds. The Bertz CT molecular complexity index is 602. The second-order valence-electron chi connectivity index (χ2n) is 9.32. The Morgan fingerprint density at radius 3 is 2.52 bits per heavy atom. The van der Waals surface area contributed by atoms with E-state index in [9.17, 15) is 4.79 Å². The number of nitrogens with one attached hydrogen (secondary N) is 2. The Labute approximate surface area is 192 Å². The minimum absolute atomic E-state index is 0. The lowest BCUT2D eigenvalue weighted by molar-refractivity contribution is -0.171. The first-order valence-electron chi connectivity index (χ1n) is 11.1. The number of halogens is 1. The molecule has 2 saturated heterocycles. The highest BCUT2D eigenvalue weighted by atomic mass is 127. The van der Waals surface area contributed by atoms with E-state index in [0.717, 1.165) is 45.0 Å². The summed E-state index contributed by atoms with van der Waals surface area (Å²) in [5, 5.41) is 7.44. The van der Waals surface area contributed by atoms with Gasteiger partial charge >= 0.3 is 0 Å². The zero-order valence-electron chi connectivity index (χ0n) is 18.2. The molecule has 2 aliphatic carbocycles. The molecule has 7 nitrogen and oxygen atoms in total. The van der Waals surface area contributed by atoms with Crippen molar-refractivity contribution in [1.29, 1.82) is 0 Å². The van der Waals surface area contributed by atoms with Crippen LogP contribution in [0, 0.1) is 11.3 Å². The predicted octanol–water partition coefficient (Wildman–Crippen LogP) is 1.67. The lowest BCUT2D eigenvalue weighted by atomic mass is 9.46. The summed E-state index contributed by atoms with van der Waals surface area (Å²) in [6.45, 7) is 3.88. The van der Waals surface area contributed by atoms with Crippen molar-refractivity contribution in [3.63, 3.8) is 0 Å². The molecule has 2 saturated carbocycles. The Morgan fingerprint density at radius 1 is 1.21 bits per heavy atom. The summed E-state index contributed by atoms with van der Waals surface area (Å²) < 4.78 is 6.04. The van der Waals surface area contributed by atoms with Gasteiger partial charge in [-0.1, -0.05) is 6.42 Å². The van der Waals surface area contributed by atoms with Gasteiger partial charge in [0.25, 0.3) is 0 Å². The Kier molecular flexibility index (Phi) is 7.70. The molecule has 2 heterocycles. The summed E-state index contributed by atoms with van der Waals surface area (Å²) in [7, 11) is 5.53. The summed E-state index contributed by atoms with van der Waals surface area (Å²) >= 11 is 0. The van der Waals surface area contributed by atoms with Crippen molar-refractivity contribution in [3.05, 3.63) is 0 Å². The van der Waals surface area contributed by atoms with E-state index in [2.05, 4.69) is 20.5 Å². The zero-order valence-corrected chi connectivity index (χ0v) is 20.5. The molecule has 1 spiro atoms. The van der Waals surface area contributed by atoms with Crippen LogP contribution in [0.1, 0.15) is 44.9 Å². The van der Waals surface area contributed by atoms with Gasteiger partial charge in [0.2, 0.25) is 5.91 Å². The third-order valence-corrected chi connectivity index (χ3v) is 7.62. The number of ether oxygens (including phenoxy) is 1. The number of likely N-dealkylation sites (tertiary alicyclic amines) is 1. The highest BCUT2D eigenvalue weighted by Gasteiger charge is 2.66. The second-order valence-corrected chi connectivity index (χ2v) is 9.32. The van der Waals surface area contributed by atoms with Crippen LogP contribution in [0.15, 0.2) is 4.99 Å². The van der Waals surface area contributed by atoms with Crippen molar-refractivity contribution in [2.24, 2.45) is 16.3 Å². The van der Waals surface area contributed by atoms with Crippen molar-refractivity contribution in [1.82, 2.24) is 20.4 Å². The van der Waals surface area contributed by atoms with Crippen LogP contribution in [0.5, 0.6) is 0 Å².